The molecule has 0 saturated heterocycles. The second kappa shape index (κ2) is 7.34. The summed E-state index contributed by atoms with van der Waals surface area (Å²) in [5.74, 6) is -1.98. The summed E-state index contributed by atoms with van der Waals surface area (Å²) in [6.07, 6.45) is -0.0715. The predicted molar refractivity (Wildman–Crippen MR) is 106 cm³/mol. The van der Waals surface area contributed by atoms with Crippen LogP contribution in [0.5, 0.6) is 0 Å². The van der Waals surface area contributed by atoms with E-state index in [9.17, 15) is 18.8 Å². The average molecular weight is 395 g/mol. The fourth-order valence-corrected chi connectivity index (χ4v) is 3.43. The number of hydrogen-bond acceptors (Lipinski definition) is 5. The van der Waals surface area contributed by atoms with E-state index < -0.39 is 17.6 Å². The Hall–Kier alpha value is -3.75. The van der Waals surface area contributed by atoms with Crippen LogP contribution in [-0.4, -0.2) is 21.4 Å². The number of hydrogen-bond donors (Lipinski definition) is 3. The maximum absolute atomic E-state index is 13.5. The third kappa shape index (κ3) is 3.42. The number of aromatic nitrogens is 2. The van der Waals surface area contributed by atoms with Crippen molar-refractivity contribution < 1.29 is 14.0 Å². The van der Waals surface area contributed by atoms with Crippen molar-refractivity contribution in [3.63, 3.8) is 0 Å². The van der Waals surface area contributed by atoms with E-state index in [0.29, 0.717) is 23.0 Å². The van der Waals surface area contributed by atoms with Gasteiger partial charge in [-0.3, -0.25) is 29.8 Å². The summed E-state index contributed by atoms with van der Waals surface area (Å²) in [5.41, 5.74) is 6.28. The Kier molecular flexibility index (Phi) is 4.71. The standard InChI is InChI=1S/C20H18FN5O3/c1-2-26-19(29)13-5-3-4-6-15(13)23-20(26)25-24-18(28)14-10-17(27)22-16-9-11(21)7-8-12(14)16/h3-9,14H,2,10H2,1H3,(H,22,27)(H,23,25)(H,24,28)/t14-/m0/s1. The van der Waals surface area contributed by atoms with Crippen LogP contribution in [0, 0.1) is 5.82 Å². The van der Waals surface area contributed by atoms with Crippen molar-refractivity contribution in [2.45, 2.75) is 25.8 Å². The van der Waals surface area contributed by atoms with Gasteiger partial charge in [0.25, 0.3) is 5.56 Å². The van der Waals surface area contributed by atoms with Gasteiger partial charge in [-0.25, -0.2) is 9.37 Å². The zero-order valence-corrected chi connectivity index (χ0v) is 15.5. The number of halogens is 1. The quantitative estimate of drug-likeness (QED) is 0.587. The molecule has 1 aromatic heterocycles. The van der Waals surface area contributed by atoms with Crippen molar-refractivity contribution in [3.05, 3.63) is 64.2 Å². The van der Waals surface area contributed by atoms with Crippen LogP contribution in [0.15, 0.2) is 47.3 Å². The molecule has 0 radical (unpaired) electrons. The van der Waals surface area contributed by atoms with Crippen LogP contribution in [0.1, 0.15) is 24.8 Å². The molecule has 2 heterocycles. The SMILES string of the molecule is CCn1c(NNC(=O)[C@H]2CC(=O)Nc3cc(F)ccc32)nc2ccccc2c1=O. The van der Waals surface area contributed by atoms with Gasteiger partial charge in [0.05, 0.1) is 16.8 Å². The molecule has 2 aromatic carbocycles. The van der Waals surface area contributed by atoms with Gasteiger partial charge in [0.15, 0.2) is 0 Å². The molecule has 1 atom stereocenters. The first kappa shape index (κ1) is 18.6. The molecule has 8 nitrogen and oxygen atoms in total. The number of nitrogens with zero attached hydrogens (tertiary/aromatic N) is 2. The van der Waals surface area contributed by atoms with Gasteiger partial charge in [0, 0.05) is 18.7 Å². The van der Waals surface area contributed by atoms with Crippen LogP contribution in [0.25, 0.3) is 10.9 Å². The molecule has 0 aliphatic carbocycles. The molecule has 1 aliphatic heterocycles. The van der Waals surface area contributed by atoms with E-state index in [0.717, 1.165) is 0 Å². The van der Waals surface area contributed by atoms with Crippen molar-refractivity contribution in [2.24, 2.45) is 0 Å². The van der Waals surface area contributed by atoms with E-state index in [2.05, 4.69) is 21.2 Å². The number of anilines is 2. The summed E-state index contributed by atoms with van der Waals surface area (Å²) in [4.78, 5) is 41.7. The van der Waals surface area contributed by atoms with Crippen molar-refractivity contribution in [3.8, 4) is 0 Å². The molecular formula is C20H18FN5O3. The fraction of sp³-hybridized carbons (Fsp3) is 0.200. The Balaban J connectivity index is 1.61. The second-order valence-electron chi connectivity index (χ2n) is 6.65. The molecule has 4 rings (SSSR count). The number of nitrogens with one attached hydrogen (secondary N) is 3. The third-order valence-electron chi connectivity index (χ3n) is 4.85. The van der Waals surface area contributed by atoms with Gasteiger partial charge in [-0.15, -0.1) is 0 Å². The highest BCUT2D eigenvalue weighted by Crippen LogP contribution is 2.32. The van der Waals surface area contributed by atoms with E-state index in [-0.39, 0.29) is 29.5 Å². The number of rotatable bonds is 4. The Morgan fingerprint density at radius 2 is 2.07 bits per heavy atom. The number of fused-ring (bicyclic) bond motifs is 2. The van der Waals surface area contributed by atoms with E-state index in [1.54, 1.807) is 31.2 Å². The lowest BCUT2D eigenvalue weighted by Crippen LogP contribution is -2.39. The smallest absolute Gasteiger partial charge is 0.262 e. The molecule has 148 valence electrons. The summed E-state index contributed by atoms with van der Waals surface area (Å²) >= 11 is 0. The van der Waals surface area contributed by atoms with Crippen LogP contribution in [0.4, 0.5) is 16.0 Å². The van der Waals surface area contributed by atoms with Crippen LogP contribution in [-0.2, 0) is 16.1 Å². The Morgan fingerprint density at radius 1 is 1.28 bits per heavy atom. The number of carbonyl (C=O) groups excluding carboxylic acids is 2. The van der Waals surface area contributed by atoms with E-state index in [1.165, 1.54) is 22.8 Å². The van der Waals surface area contributed by atoms with E-state index >= 15 is 0 Å². The van der Waals surface area contributed by atoms with Crippen LogP contribution in [0.3, 0.4) is 0 Å². The van der Waals surface area contributed by atoms with Gasteiger partial charge in [-0.05, 0) is 36.8 Å². The molecule has 9 heteroatoms. The molecule has 0 saturated carbocycles. The highest BCUT2D eigenvalue weighted by Gasteiger charge is 2.31. The molecule has 3 N–H and O–H groups in total. The number of benzene rings is 2. The first-order chi connectivity index (χ1) is 14.0. The molecule has 1 aliphatic rings. The summed E-state index contributed by atoms with van der Waals surface area (Å²) in [6, 6.07) is 10.8. The number of carbonyl (C=O) groups is 2. The van der Waals surface area contributed by atoms with Crippen LogP contribution in [0.2, 0.25) is 0 Å². The maximum atomic E-state index is 13.5. The molecule has 2 amide bonds. The lowest BCUT2D eigenvalue weighted by atomic mass is 9.90. The average Bonchev–Trinajstić information content (AvgIpc) is 2.71. The maximum Gasteiger partial charge on any atom is 0.262 e. The monoisotopic (exact) mass is 395 g/mol. The molecule has 0 bridgehead atoms. The van der Waals surface area contributed by atoms with Gasteiger partial charge in [-0.2, -0.15) is 0 Å². The summed E-state index contributed by atoms with van der Waals surface area (Å²) in [6.45, 7) is 2.14. The van der Waals surface area contributed by atoms with Gasteiger partial charge in [-0.1, -0.05) is 18.2 Å². The molecular weight excluding hydrogens is 377 g/mol. The predicted octanol–water partition coefficient (Wildman–Crippen LogP) is 2.12. The lowest BCUT2D eigenvalue weighted by Gasteiger charge is -2.25. The number of para-hydroxylation sites is 1. The zero-order chi connectivity index (χ0) is 20.5. The van der Waals surface area contributed by atoms with Crippen LogP contribution < -0.4 is 21.7 Å². The molecule has 0 unspecified atom stereocenters. The molecule has 3 aromatic rings. The minimum atomic E-state index is -0.797. The van der Waals surface area contributed by atoms with Crippen molar-refractivity contribution in [1.82, 2.24) is 15.0 Å². The van der Waals surface area contributed by atoms with Gasteiger partial charge in [0.2, 0.25) is 17.8 Å². The first-order valence-electron chi connectivity index (χ1n) is 9.12. The Labute approximate surface area is 164 Å². The van der Waals surface area contributed by atoms with E-state index in [1.807, 2.05) is 0 Å². The summed E-state index contributed by atoms with van der Waals surface area (Å²) in [7, 11) is 0. The Morgan fingerprint density at radius 3 is 2.86 bits per heavy atom. The Bertz CT molecular complexity index is 1190. The zero-order valence-electron chi connectivity index (χ0n) is 15.5. The normalized spacial score (nSPS) is 15.5. The van der Waals surface area contributed by atoms with Crippen molar-refractivity contribution in [1.29, 1.82) is 0 Å². The molecule has 29 heavy (non-hydrogen) atoms. The van der Waals surface area contributed by atoms with Gasteiger partial charge < -0.3 is 5.32 Å². The molecule has 0 fully saturated rings. The largest absolute Gasteiger partial charge is 0.326 e. The third-order valence-corrected chi connectivity index (χ3v) is 4.85. The lowest BCUT2D eigenvalue weighted by molar-refractivity contribution is -0.126. The van der Waals surface area contributed by atoms with Gasteiger partial charge >= 0.3 is 0 Å². The highest BCUT2D eigenvalue weighted by molar-refractivity contribution is 6.01. The number of hydrazine groups is 1. The van der Waals surface area contributed by atoms with Crippen molar-refractivity contribution in [2.75, 3.05) is 10.7 Å². The first-order valence-corrected chi connectivity index (χ1v) is 9.12. The topological polar surface area (TPSA) is 105 Å². The fourth-order valence-electron chi connectivity index (χ4n) is 3.43. The summed E-state index contributed by atoms with van der Waals surface area (Å²) in [5, 5.41) is 3.05. The minimum Gasteiger partial charge on any atom is -0.326 e. The summed E-state index contributed by atoms with van der Waals surface area (Å²) < 4.78 is 14.9. The minimum absolute atomic E-state index is 0.0715. The van der Waals surface area contributed by atoms with Crippen LogP contribution >= 0.6 is 0 Å². The molecule has 0 spiro atoms. The van der Waals surface area contributed by atoms with Crippen molar-refractivity contribution >= 4 is 34.4 Å². The highest BCUT2D eigenvalue weighted by atomic mass is 19.1. The number of amides is 2. The van der Waals surface area contributed by atoms with E-state index in [4.69, 9.17) is 0 Å². The van der Waals surface area contributed by atoms with Gasteiger partial charge in [0.1, 0.15) is 5.82 Å². The second-order valence-corrected chi connectivity index (χ2v) is 6.65.